The summed E-state index contributed by atoms with van der Waals surface area (Å²) in [6.07, 6.45) is 0.832. The number of anilines is 1. The lowest BCUT2D eigenvalue weighted by Crippen LogP contribution is -2.25. The van der Waals surface area contributed by atoms with Gasteiger partial charge in [0.15, 0.2) is 18.1 Å². The fourth-order valence-corrected chi connectivity index (χ4v) is 3.23. The van der Waals surface area contributed by atoms with Crippen molar-refractivity contribution in [3.05, 3.63) is 46.8 Å². The quantitative estimate of drug-likeness (QED) is 0.921. The van der Waals surface area contributed by atoms with Gasteiger partial charge in [-0.25, -0.2) is 0 Å². The molecular weight excluding hydrogens is 316 g/mol. The zero-order valence-corrected chi connectivity index (χ0v) is 15.4. The van der Waals surface area contributed by atoms with Crippen LogP contribution in [0.2, 0.25) is 0 Å². The maximum Gasteiger partial charge on any atom is 0.262 e. The number of hydrogen-bond donors (Lipinski definition) is 1. The molecule has 1 aromatic carbocycles. The predicted molar refractivity (Wildman–Crippen MR) is 97.4 cm³/mol. The average molecular weight is 340 g/mol. The Hall–Kier alpha value is -2.56. The van der Waals surface area contributed by atoms with Crippen LogP contribution in [-0.4, -0.2) is 23.1 Å². The smallest absolute Gasteiger partial charge is 0.262 e. The highest BCUT2D eigenvalue weighted by Crippen LogP contribution is 2.41. The highest BCUT2D eigenvalue weighted by molar-refractivity contribution is 5.93. The van der Waals surface area contributed by atoms with Gasteiger partial charge in [-0.05, 0) is 52.3 Å². The summed E-state index contributed by atoms with van der Waals surface area (Å²) in [5.74, 6) is 1.13. The van der Waals surface area contributed by atoms with Gasteiger partial charge in [0.1, 0.15) is 5.60 Å². The molecule has 1 aliphatic rings. The minimum absolute atomic E-state index is 0.0764. The number of para-hydroxylation sites is 1. The molecule has 25 heavy (non-hydrogen) atoms. The van der Waals surface area contributed by atoms with Gasteiger partial charge in [-0.15, -0.1) is 0 Å². The number of nitrogens with zero attached hydrogens (tertiary/aromatic N) is 1. The topological polar surface area (TPSA) is 60.5 Å². The number of hydrogen-bond acceptors (Lipinski definition) is 4. The van der Waals surface area contributed by atoms with E-state index in [1.54, 1.807) is 0 Å². The molecule has 0 radical (unpaired) electrons. The minimum Gasteiger partial charge on any atom is -0.483 e. The van der Waals surface area contributed by atoms with Crippen LogP contribution in [0.3, 0.4) is 0 Å². The van der Waals surface area contributed by atoms with E-state index in [1.165, 1.54) is 0 Å². The maximum atomic E-state index is 12.3. The third-order valence-corrected chi connectivity index (χ3v) is 4.20. The van der Waals surface area contributed by atoms with Crippen molar-refractivity contribution in [2.45, 2.75) is 46.6 Å². The van der Waals surface area contributed by atoms with Crippen molar-refractivity contribution in [1.82, 2.24) is 4.98 Å². The number of aryl methyl sites for hydroxylation is 3. The summed E-state index contributed by atoms with van der Waals surface area (Å²) in [5, 5.41) is 2.89. The Balaban J connectivity index is 1.68. The average Bonchev–Trinajstić information content (AvgIpc) is 2.83. The molecule has 1 N–H and O–H groups in total. The number of pyridine rings is 1. The van der Waals surface area contributed by atoms with Crippen LogP contribution in [0.1, 0.15) is 36.4 Å². The molecule has 0 fully saturated rings. The molecule has 1 amide bonds. The Bertz CT molecular complexity index is 805. The van der Waals surface area contributed by atoms with Gasteiger partial charge >= 0.3 is 0 Å². The number of fused-ring (bicyclic) bond motifs is 1. The standard InChI is InChI=1S/C20H24N2O3/c1-12-9-13(2)21-14(3)18(12)22-17(23)11-24-16-8-6-7-15-10-20(4,5)25-19(15)16/h6-9H,10-11H2,1-5H3,(H,22,23). The molecule has 5 nitrogen and oxygen atoms in total. The van der Waals surface area contributed by atoms with Gasteiger partial charge in [-0.2, -0.15) is 0 Å². The van der Waals surface area contributed by atoms with Crippen LogP contribution in [0.15, 0.2) is 24.3 Å². The molecule has 0 saturated heterocycles. The summed E-state index contributed by atoms with van der Waals surface area (Å²) in [6.45, 7) is 9.78. The molecule has 0 saturated carbocycles. The Kier molecular flexibility index (Phi) is 4.41. The molecule has 0 atom stereocenters. The van der Waals surface area contributed by atoms with Crippen molar-refractivity contribution in [2.75, 3.05) is 11.9 Å². The normalized spacial score (nSPS) is 14.6. The first-order valence-electron chi connectivity index (χ1n) is 8.43. The lowest BCUT2D eigenvalue weighted by Gasteiger charge is -2.18. The van der Waals surface area contributed by atoms with Gasteiger partial charge in [-0.3, -0.25) is 9.78 Å². The summed E-state index contributed by atoms with van der Waals surface area (Å²) in [4.78, 5) is 16.7. The zero-order valence-electron chi connectivity index (χ0n) is 15.4. The predicted octanol–water partition coefficient (Wildman–Crippen LogP) is 3.74. The molecule has 0 spiro atoms. The number of benzene rings is 1. The van der Waals surface area contributed by atoms with Gasteiger partial charge in [0.25, 0.3) is 5.91 Å². The highest BCUT2D eigenvalue weighted by Gasteiger charge is 2.32. The summed E-state index contributed by atoms with van der Waals surface area (Å²) < 4.78 is 11.7. The lowest BCUT2D eigenvalue weighted by atomic mass is 10.0. The first kappa shape index (κ1) is 17.3. The molecule has 1 aromatic heterocycles. The SMILES string of the molecule is Cc1cc(C)c(NC(=O)COc2cccc3c2OC(C)(C)C3)c(C)n1. The second kappa shape index (κ2) is 6.39. The molecule has 1 aliphatic heterocycles. The highest BCUT2D eigenvalue weighted by atomic mass is 16.5. The Morgan fingerprint density at radius 1 is 1.32 bits per heavy atom. The van der Waals surface area contributed by atoms with E-state index in [1.807, 2.05) is 58.9 Å². The summed E-state index contributed by atoms with van der Waals surface area (Å²) in [5.41, 5.74) is 4.34. The van der Waals surface area contributed by atoms with E-state index in [0.717, 1.165) is 40.4 Å². The number of rotatable bonds is 4. The third-order valence-electron chi connectivity index (χ3n) is 4.20. The van der Waals surface area contributed by atoms with Gasteiger partial charge in [0.05, 0.1) is 11.4 Å². The molecule has 2 heterocycles. The van der Waals surface area contributed by atoms with E-state index >= 15 is 0 Å². The number of carbonyl (C=O) groups is 1. The fraction of sp³-hybridized carbons (Fsp3) is 0.400. The molecule has 0 unspecified atom stereocenters. The lowest BCUT2D eigenvalue weighted by molar-refractivity contribution is -0.118. The van der Waals surface area contributed by atoms with Crippen LogP contribution in [0.5, 0.6) is 11.5 Å². The molecule has 2 aromatic rings. The van der Waals surface area contributed by atoms with Gasteiger partial charge in [0.2, 0.25) is 0 Å². The van der Waals surface area contributed by atoms with Crippen molar-refractivity contribution >= 4 is 11.6 Å². The summed E-state index contributed by atoms with van der Waals surface area (Å²) >= 11 is 0. The number of aromatic nitrogens is 1. The second-order valence-electron chi connectivity index (χ2n) is 7.16. The summed E-state index contributed by atoms with van der Waals surface area (Å²) in [6, 6.07) is 7.73. The number of ether oxygens (including phenoxy) is 2. The van der Waals surface area contributed by atoms with Crippen molar-refractivity contribution in [3.63, 3.8) is 0 Å². The first-order valence-corrected chi connectivity index (χ1v) is 8.43. The number of amides is 1. The molecule has 0 aliphatic carbocycles. The Labute approximate surface area is 148 Å². The molecule has 132 valence electrons. The van der Waals surface area contributed by atoms with Crippen molar-refractivity contribution in [1.29, 1.82) is 0 Å². The van der Waals surface area contributed by atoms with E-state index < -0.39 is 0 Å². The zero-order chi connectivity index (χ0) is 18.2. The van der Waals surface area contributed by atoms with Crippen molar-refractivity contribution < 1.29 is 14.3 Å². The monoisotopic (exact) mass is 340 g/mol. The van der Waals surface area contributed by atoms with Gasteiger partial charge < -0.3 is 14.8 Å². The van der Waals surface area contributed by atoms with Crippen LogP contribution >= 0.6 is 0 Å². The first-order chi connectivity index (χ1) is 11.7. The number of nitrogens with one attached hydrogen (secondary N) is 1. The second-order valence-corrected chi connectivity index (χ2v) is 7.16. The molecule has 5 heteroatoms. The van der Waals surface area contributed by atoms with Crippen LogP contribution in [0.25, 0.3) is 0 Å². The van der Waals surface area contributed by atoms with Crippen molar-refractivity contribution in [2.24, 2.45) is 0 Å². The maximum absolute atomic E-state index is 12.3. The summed E-state index contributed by atoms with van der Waals surface area (Å²) in [7, 11) is 0. The number of carbonyl (C=O) groups excluding carboxylic acids is 1. The molecule has 3 rings (SSSR count). The third kappa shape index (κ3) is 3.76. The molecular formula is C20H24N2O3. The van der Waals surface area contributed by atoms with E-state index in [-0.39, 0.29) is 18.1 Å². The van der Waals surface area contributed by atoms with Crippen LogP contribution in [0.4, 0.5) is 5.69 Å². The van der Waals surface area contributed by atoms with Gasteiger partial charge in [0, 0.05) is 17.7 Å². The fourth-order valence-electron chi connectivity index (χ4n) is 3.23. The largest absolute Gasteiger partial charge is 0.483 e. The molecule has 0 bridgehead atoms. The van der Waals surface area contributed by atoms with E-state index in [4.69, 9.17) is 9.47 Å². The van der Waals surface area contributed by atoms with Crippen LogP contribution in [0, 0.1) is 20.8 Å². The van der Waals surface area contributed by atoms with E-state index in [0.29, 0.717) is 5.75 Å². The Morgan fingerprint density at radius 3 is 2.80 bits per heavy atom. The van der Waals surface area contributed by atoms with Crippen molar-refractivity contribution in [3.8, 4) is 11.5 Å². The minimum atomic E-state index is -0.244. The van der Waals surface area contributed by atoms with Crippen LogP contribution in [-0.2, 0) is 11.2 Å². The Morgan fingerprint density at radius 2 is 2.08 bits per heavy atom. The van der Waals surface area contributed by atoms with Gasteiger partial charge in [-0.1, -0.05) is 12.1 Å². The van der Waals surface area contributed by atoms with E-state index in [9.17, 15) is 4.79 Å². The van der Waals surface area contributed by atoms with E-state index in [2.05, 4.69) is 10.3 Å². The van der Waals surface area contributed by atoms with Crippen LogP contribution < -0.4 is 14.8 Å².